The molecule has 0 bridgehead atoms. The fraction of sp³-hybridized carbons (Fsp3) is 0.500. The van der Waals surface area contributed by atoms with Crippen molar-refractivity contribution in [2.24, 2.45) is 0 Å². The van der Waals surface area contributed by atoms with Crippen LogP contribution in [0.3, 0.4) is 0 Å². The van der Waals surface area contributed by atoms with Crippen molar-refractivity contribution >= 4 is 0 Å². The van der Waals surface area contributed by atoms with E-state index in [4.69, 9.17) is 14.0 Å². The molecule has 1 aromatic carbocycles. The first-order valence-corrected chi connectivity index (χ1v) is 7.47. The van der Waals surface area contributed by atoms with Crippen LogP contribution in [0.1, 0.15) is 47.7 Å². The van der Waals surface area contributed by atoms with E-state index >= 15 is 0 Å². The van der Waals surface area contributed by atoms with Crippen LogP contribution in [0.25, 0.3) is 0 Å². The lowest BCUT2D eigenvalue weighted by Gasteiger charge is -2.18. The summed E-state index contributed by atoms with van der Waals surface area (Å²) in [5.41, 5.74) is 2.37. The van der Waals surface area contributed by atoms with Gasteiger partial charge in [-0.1, -0.05) is 23.4 Å². The number of rotatable bonds is 2. The Kier molecular flexibility index (Phi) is 3.15. The van der Waals surface area contributed by atoms with Crippen LogP contribution in [0.2, 0.25) is 0 Å². The number of hydrogen-bond donors (Lipinski definition) is 0. The van der Waals surface area contributed by atoms with E-state index in [9.17, 15) is 0 Å². The number of benzene rings is 1. The maximum Gasteiger partial charge on any atom is 0.268 e. The van der Waals surface area contributed by atoms with Crippen molar-refractivity contribution in [3.63, 3.8) is 0 Å². The SMILES string of the molecule is Cc1cccc2c1OC(c1nc(C3CCOCC3)no1)C2. The van der Waals surface area contributed by atoms with Crippen molar-refractivity contribution in [2.75, 3.05) is 13.2 Å². The molecule has 2 aliphatic heterocycles. The van der Waals surface area contributed by atoms with E-state index in [1.54, 1.807) is 0 Å². The molecule has 1 saturated heterocycles. The molecule has 0 radical (unpaired) electrons. The van der Waals surface area contributed by atoms with Crippen molar-refractivity contribution in [1.29, 1.82) is 0 Å². The molecular formula is C16H18N2O3. The minimum Gasteiger partial charge on any atom is -0.480 e. The molecule has 1 atom stereocenters. The van der Waals surface area contributed by atoms with Gasteiger partial charge in [-0.25, -0.2) is 0 Å². The minimum absolute atomic E-state index is 0.151. The third-order valence-electron chi connectivity index (χ3n) is 4.28. The average Bonchev–Trinajstić information content (AvgIpc) is 3.15. The summed E-state index contributed by atoms with van der Waals surface area (Å²) >= 11 is 0. The van der Waals surface area contributed by atoms with Crippen LogP contribution in [-0.2, 0) is 11.2 Å². The zero-order valence-electron chi connectivity index (χ0n) is 12.0. The quantitative estimate of drug-likeness (QED) is 0.849. The van der Waals surface area contributed by atoms with Crippen molar-refractivity contribution in [1.82, 2.24) is 10.1 Å². The Morgan fingerprint density at radius 1 is 1.19 bits per heavy atom. The molecule has 4 rings (SSSR count). The number of hydrogen-bond acceptors (Lipinski definition) is 5. The zero-order valence-corrected chi connectivity index (χ0v) is 12.0. The summed E-state index contributed by atoms with van der Waals surface area (Å²) in [6.07, 6.45) is 2.57. The van der Waals surface area contributed by atoms with Gasteiger partial charge in [-0.15, -0.1) is 0 Å². The van der Waals surface area contributed by atoms with Gasteiger partial charge in [0.05, 0.1) is 0 Å². The fourth-order valence-corrected chi connectivity index (χ4v) is 3.06. The van der Waals surface area contributed by atoms with E-state index in [1.807, 2.05) is 0 Å². The van der Waals surface area contributed by atoms with Crippen LogP contribution in [0.15, 0.2) is 22.7 Å². The molecular weight excluding hydrogens is 268 g/mol. The van der Waals surface area contributed by atoms with Gasteiger partial charge in [-0.05, 0) is 30.9 Å². The summed E-state index contributed by atoms with van der Waals surface area (Å²) < 4.78 is 16.8. The van der Waals surface area contributed by atoms with Crippen LogP contribution >= 0.6 is 0 Å². The molecule has 0 amide bonds. The second kappa shape index (κ2) is 5.15. The summed E-state index contributed by atoms with van der Waals surface area (Å²) in [6.45, 7) is 3.61. The van der Waals surface area contributed by atoms with Crippen LogP contribution < -0.4 is 4.74 Å². The van der Waals surface area contributed by atoms with Crippen LogP contribution in [0.4, 0.5) is 0 Å². The van der Waals surface area contributed by atoms with Gasteiger partial charge in [0.1, 0.15) is 5.75 Å². The van der Waals surface area contributed by atoms with Crippen molar-refractivity contribution in [2.45, 2.75) is 38.2 Å². The third-order valence-corrected chi connectivity index (χ3v) is 4.28. The molecule has 5 nitrogen and oxygen atoms in total. The Morgan fingerprint density at radius 3 is 2.86 bits per heavy atom. The molecule has 0 saturated carbocycles. The lowest BCUT2D eigenvalue weighted by Crippen LogP contribution is -2.15. The Morgan fingerprint density at radius 2 is 2.05 bits per heavy atom. The smallest absolute Gasteiger partial charge is 0.268 e. The monoisotopic (exact) mass is 286 g/mol. The first-order valence-electron chi connectivity index (χ1n) is 7.47. The standard InChI is InChI=1S/C16H18N2O3/c1-10-3-2-4-12-9-13(20-14(10)12)16-17-15(18-21-16)11-5-7-19-8-6-11/h2-4,11,13H,5-9H2,1H3. The molecule has 2 aliphatic rings. The molecule has 1 aromatic heterocycles. The van der Waals surface area contributed by atoms with Gasteiger partial charge in [0.15, 0.2) is 11.9 Å². The predicted molar refractivity (Wildman–Crippen MR) is 75.3 cm³/mol. The number of nitrogens with zero attached hydrogens (tertiary/aromatic N) is 2. The van der Waals surface area contributed by atoms with Gasteiger partial charge in [0, 0.05) is 25.6 Å². The highest BCUT2D eigenvalue weighted by Crippen LogP contribution is 2.38. The Bertz CT molecular complexity index is 647. The topological polar surface area (TPSA) is 57.4 Å². The normalized spacial score (nSPS) is 22.0. The summed E-state index contributed by atoms with van der Waals surface area (Å²) in [7, 11) is 0. The van der Waals surface area contributed by atoms with Crippen molar-refractivity contribution in [3.05, 3.63) is 41.0 Å². The first-order chi connectivity index (χ1) is 10.3. The van der Waals surface area contributed by atoms with Crippen molar-refractivity contribution in [3.8, 4) is 5.75 Å². The van der Waals surface area contributed by atoms with Crippen LogP contribution in [-0.4, -0.2) is 23.4 Å². The summed E-state index contributed by atoms with van der Waals surface area (Å²) in [4.78, 5) is 4.57. The average molecular weight is 286 g/mol. The van der Waals surface area contributed by atoms with Crippen LogP contribution in [0, 0.1) is 6.92 Å². The molecule has 1 unspecified atom stereocenters. The molecule has 1 fully saturated rings. The Labute approximate surface area is 123 Å². The first kappa shape index (κ1) is 12.8. The van der Waals surface area contributed by atoms with Gasteiger partial charge < -0.3 is 14.0 Å². The second-order valence-electron chi connectivity index (χ2n) is 5.75. The number of aryl methyl sites for hydroxylation is 1. The van der Waals surface area contributed by atoms with Gasteiger partial charge in [-0.2, -0.15) is 4.98 Å². The molecule has 0 aliphatic carbocycles. The Balaban J connectivity index is 1.53. The van der Waals surface area contributed by atoms with E-state index in [0.29, 0.717) is 11.8 Å². The largest absolute Gasteiger partial charge is 0.480 e. The van der Waals surface area contributed by atoms with Gasteiger partial charge in [0.2, 0.25) is 0 Å². The van der Waals surface area contributed by atoms with E-state index in [1.165, 1.54) is 5.56 Å². The molecule has 110 valence electrons. The number of aromatic nitrogens is 2. The van der Waals surface area contributed by atoms with Gasteiger partial charge in [-0.3, -0.25) is 0 Å². The highest BCUT2D eigenvalue weighted by molar-refractivity contribution is 5.44. The highest BCUT2D eigenvalue weighted by atomic mass is 16.5. The lowest BCUT2D eigenvalue weighted by atomic mass is 10.00. The molecule has 5 heteroatoms. The maximum absolute atomic E-state index is 6.00. The molecule has 0 spiro atoms. The highest BCUT2D eigenvalue weighted by Gasteiger charge is 2.31. The van der Waals surface area contributed by atoms with Crippen molar-refractivity contribution < 1.29 is 14.0 Å². The summed E-state index contributed by atoms with van der Waals surface area (Å²) in [5.74, 6) is 2.70. The number of fused-ring (bicyclic) bond motifs is 1. The third kappa shape index (κ3) is 2.31. The molecule has 3 heterocycles. The number of para-hydroxylation sites is 1. The zero-order chi connectivity index (χ0) is 14.2. The summed E-state index contributed by atoms with van der Waals surface area (Å²) in [6, 6.07) is 6.21. The number of ether oxygens (including phenoxy) is 2. The van der Waals surface area contributed by atoms with E-state index in [2.05, 4.69) is 35.3 Å². The van der Waals surface area contributed by atoms with E-state index in [-0.39, 0.29) is 6.10 Å². The van der Waals surface area contributed by atoms with Crippen LogP contribution in [0.5, 0.6) is 5.75 Å². The summed E-state index contributed by atoms with van der Waals surface area (Å²) in [5, 5.41) is 4.15. The van der Waals surface area contributed by atoms with Gasteiger partial charge >= 0.3 is 0 Å². The predicted octanol–water partition coefficient (Wildman–Crippen LogP) is 2.95. The maximum atomic E-state index is 6.00. The van der Waals surface area contributed by atoms with Gasteiger partial charge in [0.25, 0.3) is 5.89 Å². The Hall–Kier alpha value is -1.88. The molecule has 2 aromatic rings. The lowest BCUT2D eigenvalue weighted by molar-refractivity contribution is 0.0830. The van der Waals surface area contributed by atoms with E-state index in [0.717, 1.165) is 49.6 Å². The minimum atomic E-state index is -0.151. The fourth-order valence-electron chi connectivity index (χ4n) is 3.06. The molecule has 0 N–H and O–H groups in total. The molecule has 21 heavy (non-hydrogen) atoms. The van der Waals surface area contributed by atoms with E-state index < -0.39 is 0 Å². The second-order valence-corrected chi connectivity index (χ2v) is 5.75.